The number of methoxy groups -OCH3 is 1. The summed E-state index contributed by atoms with van der Waals surface area (Å²) in [7, 11) is 1.75. The average molecular weight is 283 g/mol. The van der Waals surface area contributed by atoms with Gasteiger partial charge in [0.25, 0.3) is 0 Å². The molecule has 3 nitrogen and oxygen atoms in total. The summed E-state index contributed by atoms with van der Waals surface area (Å²) >= 11 is 5.90. The lowest BCUT2D eigenvalue weighted by atomic mass is 10.1. The van der Waals surface area contributed by atoms with Gasteiger partial charge in [-0.3, -0.25) is 0 Å². The van der Waals surface area contributed by atoms with Gasteiger partial charge in [-0.1, -0.05) is 6.07 Å². The summed E-state index contributed by atoms with van der Waals surface area (Å²) in [6.45, 7) is 5.94. The summed E-state index contributed by atoms with van der Waals surface area (Å²) in [6, 6.07) is 4.70. The average Bonchev–Trinajstić information content (AvgIpc) is 3.23. The van der Waals surface area contributed by atoms with E-state index in [2.05, 4.69) is 24.0 Å². The lowest BCUT2D eigenvalue weighted by Gasteiger charge is -2.30. The molecule has 0 spiro atoms. The third-order valence-electron chi connectivity index (χ3n) is 3.95. The maximum Gasteiger partial charge on any atom is 0.129 e. The van der Waals surface area contributed by atoms with Gasteiger partial charge in [-0.05, 0) is 44.2 Å². The molecule has 106 valence electrons. The standard InChI is InChI=1S/C15H23ClN2O/c1-11-14(10-16)6-7-15(17-11)18(8-9-19-3)12(2)13-4-5-13/h6-7,12-13H,4-5,8-10H2,1-3H3. The highest BCUT2D eigenvalue weighted by Crippen LogP contribution is 2.36. The summed E-state index contributed by atoms with van der Waals surface area (Å²) in [6.07, 6.45) is 2.67. The number of nitrogens with zero attached hydrogens (tertiary/aromatic N) is 2. The van der Waals surface area contributed by atoms with Crippen LogP contribution >= 0.6 is 11.6 Å². The van der Waals surface area contributed by atoms with Crippen molar-refractivity contribution >= 4 is 17.4 Å². The first-order valence-electron chi connectivity index (χ1n) is 6.95. The summed E-state index contributed by atoms with van der Waals surface area (Å²) in [5.74, 6) is 2.38. The van der Waals surface area contributed by atoms with E-state index in [0.29, 0.717) is 11.9 Å². The largest absolute Gasteiger partial charge is 0.383 e. The molecule has 0 saturated heterocycles. The maximum absolute atomic E-state index is 5.90. The second-order valence-electron chi connectivity index (χ2n) is 5.31. The first kappa shape index (κ1) is 14.6. The van der Waals surface area contributed by atoms with Crippen LogP contribution in [0.3, 0.4) is 0 Å². The monoisotopic (exact) mass is 282 g/mol. The van der Waals surface area contributed by atoms with E-state index in [4.69, 9.17) is 21.3 Å². The molecule has 19 heavy (non-hydrogen) atoms. The molecule has 1 aromatic rings. The molecule has 0 bridgehead atoms. The van der Waals surface area contributed by atoms with E-state index in [0.717, 1.165) is 36.1 Å². The summed E-state index contributed by atoms with van der Waals surface area (Å²) in [4.78, 5) is 7.08. The van der Waals surface area contributed by atoms with Gasteiger partial charge in [0.1, 0.15) is 5.82 Å². The molecule has 1 atom stereocenters. The van der Waals surface area contributed by atoms with E-state index in [1.54, 1.807) is 7.11 Å². The number of halogens is 1. The number of hydrogen-bond donors (Lipinski definition) is 0. The molecule has 1 saturated carbocycles. The van der Waals surface area contributed by atoms with Crippen molar-refractivity contribution in [3.05, 3.63) is 23.4 Å². The van der Waals surface area contributed by atoms with Crippen LogP contribution in [0.2, 0.25) is 0 Å². The first-order chi connectivity index (χ1) is 9.17. The van der Waals surface area contributed by atoms with Crippen molar-refractivity contribution in [1.29, 1.82) is 0 Å². The molecule has 0 N–H and O–H groups in total. The van der Waals surface area contributed by atoms with Crippen molar-refractivity contribution in [2.75, 3.05) is 25.2 Å². The lowest BCUT2D eigenvalue weighted by Crippen LogP contribution is -2.38. The Bertz CT molecular complexity index is 421. The molecule has 0 radical (unpaired) electrons. The smallest absolute Gasteiger partial charge is 0.129 e. The van der Waals surface area contributed by atoms with Gasteiger partial charge < -0.3 is 9.64 Å². The zero-order chi connectivity index (χ0) is 13.8. The highest BCUT2D eigenvalue weighted by Gasteiger charge is 2.32. The highest BCUT2D eigenvalue weighted by molar-refractivity contribution is 6.17. The number of rotatable bonds is 7. The Hall–Kier alpha value is -0.800. The van der Waals surface area contributed by atoms with Crippen molar-refractivity contribution in [3.8, 4) is 0 Å². The van der Waals surface area contributed by atoms with E-state index in [-0.39, 0.29) is 0 Å². The Labute approximate surface area is 120 Å². The van der Waals surface area contributed by atoms with E-state index >= 15 is 0 Å². The van der Waals surface area contributed by atoms with E-state index in [1.807, 2.05) is 6.92 Å². The lowest BCUT2D eigenvalue weighted by molar-refractivity contribution is 0.202. The summed E-state index contributed by atoms with van der Waals surface area (Å²) < 4.78 is 5.23. The van der Waals surface area contributed by atoms with Crippen LogP contribution in [0.4, 0.5) is 5.82 Å². The van der Waals surface area contributed by atoms with Crippen molar-refractivity contribution in [1.82, 2.24) is 4.98 Å². The van der Waals surface area contributed by atoms with Crippen LogP contribution in [-0.4, -0.2) is 31.3 Å². The third kappa shape index (κ3) is 3.61. The molecule has 1 unspecified atom stereocenters. The van der Waals surface area contributed by atoms with Crippen molar-refractivity contribution < 1.29 is 4.74 Å². The summed E-state index contributed by atoms with van der Waals surface area (Å²) in [5.41, 5.74) is 2.13. The van der Waals surface area contributed by atoms with Crippen molar-refractivity contribution in [3.63, 3.8) is 0 Å². The third-order valence-corrected chi connectivity index (χ3v) is 4.24. The van der Waals surface area contributed by atoms with Gasteiger partial charge in [-0.2, -0.15) is 0 Å². The molecule has 2 rings (SSSR count). The van der Waals surface area contributed by atoms with Gasteiger partial charge >= 0.3 is 0 Å². The topological polar surface area (TPSA) is 25.4 Å². The van der Waals surface area contributed by atoms with Crippen molar-refractivity contribution in [2.24, 2.45) is 5.92 Å². The Morgan fingerprint density at radius 3 is 2.74 bits per heavy atom. The van der Waals surface area contributed by atoms with Crippen LogP contribution in [0.25, 0.3) is 0 Å². The SMILES string of the molecule is COCCN(c1ccc(CCl)c(C)n1)C(C)C1CC1. The molecule has 1 fully saturated rings. The minimum absolute atomic E-state index is 0.523. The molecule has 0 amide bonds. The Morgan fingerprint density at radius 1 is 1.47 bits per heavy atom. The molecular weight excluding hydrogens is 260 g/mol. The van der Waals surface area contributed by atoms with Gasteiger partial charge in [-0.15, -0.1) is 11.6 Å². The fraction of sp³-hybridized carbons (Fsp3) is 0.667. The zero-order valence-electron chi connectivity index (χ0n) is 12.0. The second-order valence-corrected chi connectivity index (χ2v) is 5.58. The molecule has 1 heterocycles. The van der Waals surface area contributed by atoms with Crippen LogP contribution in [0.1, 0.15) is 31.0 Å². The van der Waals surface area contributed by atoms with Gasteiger partial charge in [0.2, 0.25) is 0 Å². The molecule has 1 aromatic heterocycles. The number of hydrogen-bond acceptors (Lipinski definition) is 3. The Balaban J connectivity index is 2.18. The molecular formula is C15H23ClN2O. The normalized spacial score (nSPS) is 16.4. The van der Waals surface area contributed by atoms with Gasteiger partial charge in [0.05, 0.1) is 6.61 Å². The Kier molecular flexibility index (Phi) is 5.06. The first-order valence-corrected chi connectivity index (χ1v) is 7.49. The molecule has 4 heteroatoms. The molecule has 0 aliphatic heterocycles. The molecule has 1 aliphatic rings. The maximum atomic E-state index is 5.90. The second kappa shape index (κ2) is 6.58. The zero-order valence-corrected chi connectivity index (χ0v) is 12.8. The minimum Gasteiger partial charge on any atom is -0.383 e. The summed E-state index contributed by atoms with van der Waals surface area (Å²) in [5, 5.41) is 0. The van der Waals surface area contributed by atoms with Crippen LogP contribution in [0.15, 0.2) is 12.1 Å². The van der Waals surface area contributed by atoms with Crippen LogP contribution in [-0.2, 0) is 10.6 Å². The molecule has 0 aromatic carbocycles. The Morgan fingerprint density at radius 2 is 2.21 bits per heavy atom. The number of aromatic nitrogens is 1. The van der Waals surface area contributed by atoms with E-state index < -0.39 is 0 Å². The fourth-order valence-corrected chi connectivity index (χ4v) is 2.71. The van der Waals surface area contributed by atoms with Gasteiger partial charge in [-0.25, -0.2) is 4.98 Å². The quantitative estimate of drug-likeness (QED) is 0.717. The molecule has 1 aliphatic carbocycles. The van der Waals surface area contributed by atoms with Crippen LogP contribution in [0.5, 0.6) is 0 Å². The van der Waals surface area contributed by atoms with Crippen LogP contribution in [0, 0.1) is 12.8 Å². The van der Waals surface area contributed by atoms with Gasteiger partial charge in [0.15, 0.2) is 0 Å². The fourth-order valence-electron chi connectivity index (χ4n) is 2.43. The van der Waals surface area contributed by atoms with Crippen molar-refractivity contribution in [2.45, 2.75) is 38.6 Å². The number of ether oxygens (including phenoxy) is 1. The predicted molar refractivity (Wildman–Crippen MR) is 79.9 cm³/mol. The number of anilines is 1. The number of aryl methyl sites for hydroxylation is 1. The van der Waals surface area contributed by atoms with Gasteiger partial charge in [0, 0.05) is 31.3 Å². The van der Waals surface area contributed by atoms with Crippen LogP contribution < -0.4 is 4.90 Å². The van der Waals surface area contributed by atoms with E-state index in [9.17, 15) is 0 Å². The highest BCUT2D eigenvalue weighted by atomic mass is 35.5. The number of alkyl halides is 1. The van der Waals surface area contributed by atoms with E-state index in [1.165, 1.54) is 12.8 Å². The minimum atomic E-state index is 0.523. The number of pyridine rings is 1. The predicted octanol–water partition coefficient (Wildman–Crippen LogP) is 3.38.